The lowest BCUT2D eigenvalue weighted by molar-refractivity contribution is -0.118. The number of rotatable bonds is 5. The molecule has 29 heavy (non-hydrogen) atoms. The van der Waals surface area contributed by atoms with Crippen molar-refractivity contribution in [1.29, 1.82) is 0 Å². The van der Waals surface area contributed by atoms with E-state index in [-0.39, 0.29) is 18.4 Å². The van der Waals surface area contributed by atoms with Gasteiger partial charge in [0.05, 0.1) is 0 Å². The molecule has 0 bridgehead atoms. The summed E-state index contributed by atoms with van der Waals surface area (Å²) in [5.41, 5.74) is 3.25. The summed E-state index contributed by atoms with van der Waals surface area (Å²) in [4.78, 5) is 26.8. The standard InChI is InChI=1S/C23H27BrN2O3/c1-16-13-19(24)14-17(2)22(16)29-15-21(27)25-20-9-7-18(8-10-20)23(28)26-11-5-3-4-6-12-26/h7-10,13-14H,3-6,11-12,15H2,1-2H3,(H,25,27). The number of halogens is 1. The predicted molar refractivity (Wildman–Crippen MR) is 119 cm³/mol. The van der Waals surface area contributed by atoms with Crippen LogP contribution in [0.1, 0.15) is 47.2 Å². The van der Waals surface area contributed by atoms with Crippen LogP contribution in [-0.4, -0.2) is 36.4 Å². The Morgan fingerprint density at radius 3 is 2.17 bits per heavy atom. The highest BCUT2D eigenvalue weighted by Crippen LogP contribution is 2.27. The molecule has 1 aliphatic heterocycles. The average molecular weight is 459 g/mol. The second-order valence-electron chi connectivity index (χ2n) is 7.49. The average Bonchev–Trinajstić information content (AvgIpc) is 2.96. The van der Waals surface area contributed by atoms with Crippen LogP contribution >= 0.6 is 15.9 Å². The highest BCUT2D eigenvalue weighted by Gasteiger charge is 2.17. The molecule has 0 spiro atoms. The van der Waals surface area contributed by atoms with Crippen LogP contribution in [0.2, 0.25) is 0 Å². The van der Waals surface area contributed by atoms with E-state index in [4.69, 9.17) is 4.74 Å². The van der Waals surface area contributed by atoms with Crippen LogP contribution < -0.4 is 10.1 Å². The van der Waals surface area contributed by atoms with Gasteiger partial charge in [0, 0.05) is 28.8 Å². The zero-order chi connectivity index (χ0) is 20.8. The Morgan fingerprint density at radius 2 is 1.59 bits per heavy atom. The number of carbonyl (C=O) groups excluding carboxylic acids is 2. The van der Waals surface area contributed by atoms with Gasteiger partial charge in [0.15, 0.2) is 6.61 Å². The topological polar surface area (TPSA) is 58.6 Å². The van der Waals surface area contributed by atoms with Gasteiger partial charge in [-0.15, -0.1) is 0 Å². The minimum Gasteiger partial charge on any atom is -0.483 e. The molecule has 154 valence electrons. The van der Waals surface area contributed by atoms with E-state index in [0.29, 0.717) is 11.3 Å². The predicted octanol–water partition coefficient (Wildman–Crippen LogP) is 5.10. The Balaban J connectivity index is 1.55. The van der Waals surface area contributed by atoms with Crippen molar-refractivity contribution in [2.75, 3.05) is 25.0 Å². The molecule has 1 fully saturated rings. The Kier molecular flexibility index (Phi) is 7.31. The quantitative estimate of drug-likeness (QED) is 0.677. The van der Waals surface area contributed by atoms with Crippen LogP contribution in [0.5, 0.6) is 5.75 Å². The maximum atomic E-state index is 12.6. The van der Waals surface area contributed by atoms with Gasteiger partial charge in [-0.3, -0.25) is 9.59 Å². The Morgan fingerprint density at radius 1 is 1.00 bits per heavy atom. The molecule has 0 saturated carbocycles. The molecule has 0 aromatic heterocycles. The molecule has 0 radical (unpaired) electrons. The molecule has 2 aromatic rings. The molecule has 2 amide bonds. The van der Waals surface area contributed by atoms with Gasteiger partial charge < -0.3 is 15.0 Å². The van der Waals surface area contributed by atoms with E-state index in [2.05, 4.69) is 21.2 Å². The van der Waals surface area contributed by atoms with Crippen molar-refractivity contribution in [3.63, 3.8) is 0 Å². The number of aryl methyl sites for hydroxylation is 2. The molecule has 0 aliphatic carbocycles. The van der Waals surface area contributed by atoms with Crippen molar-refractivity contribution in [1.82, 2.24) is 4.90 Å². The number of hydrogen-bond acceptors (Lipinski definition) is 3. The van der Waals surface area contributed by atoms with Crippen LogP contribution in [0.25, 0.3) is 0 Å². The Labute approximate surface area is 180 Å². The minimum atomic E-state index is -0.238. The van der Waals surface area contributed by atoms with Crippen molar-refractivity contribution in [3.8, 4) is 5.75 Å². The number of nitrogens with one attached hydrogen (secondary N) is 1. The van der Waals surface area contributed by atoms with Crippen molar-refractivity contribution in [2.45, 2.75) is 39.5 Å². The van der Waals surface area contributed by atoms with Crippen LogP contribution in [-0.2, 0) is 4.79 Å². The molecule has 1 N–H and O–H groups in total. The molecule has 1 aliphatic rings. The highest BCUT2D eigenvalue weighted by molar-refractivity contribution is 9.10. The maximum absolute atomic E-state index is 12.6. The largest absolute Gasteiger partial charge is 0.483 e. The van der Waals surface area contributed by atoms with Crippen LogP contribution in [0.3, 0.4) is 0 Å². The summed E-state index contributed by atoms with van der Waals surface area (Å²) < 4.78 is 6.70. The fraction of sp³-hybridized carbons (Fsp3) is 0.391. The summed E-state index contributed by atoms with van der Waals surface area (Å²) in [7, 11) is 0. The third-order valence-electron chi connectivity index (χ3n) is 5.08. The van der Waals surface area contributed by atoms with Crippen molar-refractivity contribution in [3.05, 3.63) is 57.6 Å². The van der Waals surface area contributed by atoms with E-state index in [1.807, 2.05) is 30.9 Å². The SMILES string of the molecule is Cc1cc(Br)cc(C)c1OCC(=O)Nc1ccc(C(=O)N2CCCCCC2)cc1. The number of likely N-dealkylation sites (tertiary alicyclic amines) is 1. The summed E-state index contributed by atoms with van der Waals surface area (Å²) in [6, 6.07) is 11.0. The Bertz CT molecular complexity index is 849. The van der Waals surface area contributed by atoms with Gasteiger partial charge in [0.2, 0.25) is 0 Å². The number of carbonyl (C=O) groups is 2. The molecule has 2 aromatic carbocycles. The molecule has 0 atom stereocenters. The second kappa shape index (κ2) is 9.92. The number of benzene rings is 2. The molecule has 5 nitrogen and oxygen atoms in total. The lowest BCUT2D eigenvalue weighted by Gasteiger charge is -2.20. The molecule has 1 heterocycles. The highest BCUT2D eigenvalue weighted by atomic mass is 79.9. The van der Waals surface area contributed by atoms with Crippen molar-refractivity contribution < 1.29 is 14.3 Å². The third kappa shape index (κ3) is 5.82. The fourth-order valence-electron chi connectivity index (χ4n) is 3.61. The van der Waals surface area contributed by atoms with E-state index < -0.39 is 0 Å². The van der Waals surface area contributed by atoms with E-state index in [1.54, 1.807) is 24.3 Å². The van der Waals surface area contributed by atoms with Gasteiger partial charge in [-0.1, -0.05) is 28.8 Å². The number of amides is 2. The lowest BCUT2D eigenvalue weighted by Crippen LogP contribution is -2.31. The van der Waals surface area contributed by atoms with Gasteiger partial charge >= 0.3 is 0 Å². The summed E-state index contributed by atoms with van der Waals surface area (Å²) in [5, 5.41) is 2.82. The van der Waals surface area contributed by atoms with Gasteiger partial charge in [-0.05, 0) is 74.2 Å². The first kappa shape index (κ1) is 21.4. The molecule has 3 rings (SSSR count). The number of ether oxygens (including phenoxy) is 1. The molecular formula is C23H27BrN2O3. The summed E-state index contributed by atoms with van der Waals surface area (Å²) in [5.74, 6) is 0.550. The normalized spacial score (nSPS) is 14.2. The fourth-order valence-corrected chi connectivity index (χ4v) is 4.30. The monoisotopic (exact) mass is 458 g/mol. The summed E-state index contributed by atoms with van der Waals surface area (Å²) in [6.45, 7) is 5.47. The lowest BCUT2D eigenvalue weighted by atomic mass is 10.1. The van der Waals surface area contributed by atoms with E-state index in [1.165, 1.54) is 12.8 Å². The van der Waals surface area contributed by atoms with Gasteiger partial charge in [0.1, 0.15) is 5.75 Å². The van der Waals surface area contributed by atoms with E-state index >= 15 is 0 Å². The zero-order valence-corrected chi connectivity index (χ0v) is 18.5. The van der Waals surface area contributed by atoms with E-state index in [0.717, 1.165) is 47.3 Å². The van der Waals surface area contributed by atoms with Gasteiger partial charge in [0.25, 0.3) is 11.8 Å². The van der Waals surface area contributed by atoms with Gasteiger partial charge in [-0.2, -0.15) is 0 Å². The van der Waals surface area contributed by atoms with Crippen molar-refractivity contribution >= 4 is 33.4 Å². The molecule has 6 heteroatoms. The second-order valence-corrected chi connectivity index (χ2v) is 8.41. The number of hydrogen-bond donors (Lipinski definition) is 1. The third-order valence-corrected chi connectivity index (χ3v) is 5.54. The first-order chi connectivity index (χ1) is 13.9. The number of nitrogens with zero attached hydrogens (tertiary/aromatic N) is 1. The molecular weight excluding hydrogens is 432 g/mol. The maximum Gasteiger partial charge on any atom is 0.262 e. The Hall–Kier alpha value is -2.34. The molecule has 0 unspecified atom stereocenters. The summed E-state index contributed by atoms with van der Waals surface area (Å²) in [6.07, 6.45) is 4.51. The van der Waals surface area contributed by atoms with E-state index in [9.17, 15) is 9.59 Å². The molecule has 1 saturated heterocycles. The van der Waals surface area contributed by atoms with Gasteiger partial charge in [-0.25, -0.2) is 0 Å². The first-order valence-corrected chi connectivity index (χ1v) is 10.8. The first-order valence-electron chi connectivity index (χ1n) is 10.0. The van der Waals surface area contributed by atoms with Crippen molar-refractivity contribution in [2.24, 2.45) is 0 Å². The zero-order valence-electron chi connectivity index (χ0n) is 17.0. The van der Waals surface area contributed by atoms with Crippen LogP contribution in [0.15, 0.2) is 40.9 Å². The van der Waals surface area contributed by atoms with Crippen LogP contribution in [0.4, 0.5) is 5.69 Å². The minimum absolute atomic E-state index is 0.0642. The van der Waals surface area contributed by atoms with Crippen LogP contribution in [0, 0.1) is 13.8 Å². The summed E-state index contributed by atoms with van der Waals surface area (Å²) >= 11 is 3.45. The number of anilines is 1. The smallest absolute Gasteiger partial charge is 0.262 e.